The lowest BCUT2D eigenvalue weighted by molar-refractivity contribution is -0.141. The highest BCUT2D eigenvalue weighted by atomic mass is 35.5. The zero-order valence-electron chi connectivity index (χ0n) is 9.82. The minimum Gasteiger partial charge on any atom is -0.506 e. The van der Waals surface area contributed by atoms with E-state index in [1.165, 1.54) is 6.20 Å². The predicted molar refractivity (Wildman–Crippen MR) is 70.4 cm³/mol. The van der Waals surface area contributed by atoms with Gasteiger partial charge in [-0.2, -0.15) is 0 Å². The molecule has 0 aromatic carbocycles. The fourth-order valence-corrected chi connectivity index (χ4v) is 1.39. The fourth-order valence-electron chi connectivity index (χ4n) is 1.39. The SMILES string of the molecule is Cc1cnc(C)c(O)c1[C@@H](O)[C@@H](N)C(=O)O.Cl.Cl. The molecule has 0 fully saturated rings. The Kier molecular flexibility index (Phi) is 7.89. The average Bonchev–Trinajstić information content (AvgIpc) is 2.22. The molecule has 1 rings (SSSR count). The van der Waals surface area contributed by atoms with E-state index in [0.717, 1.165) is 0 Å². The quantitative estimate of drug-likeness (QED) is 0.652. The summed E-state index contributed by atoms with van der Waals surface area (Å²) in [4.78, 5) is 14.5. The Bertz CT molecular complexity index is 429. The van der Waals surface area contributed by atoms with Crippen molar-refractivity contribution in [1.82, 2.24) is 4.98 Å². The van der Waals surface area contributed by atoms with Gasteiger partial charge in [0.2, 0.25) is 0 Å². The van der Waals surface area contributed by atoms with Gasteiger partial charge in [0.05, 0.1) is 5.69 Å². The number of aliphatic hydroxyl groups excluding tert-OH is 1. The standard InChI is InChI=1S/C10H14N2O4.2ClH/c1-4-3-12-5(2)8(13)6(4)9(14)7(11)10(15)16;;/h3,7,9,13-14H,11H2,1-2H3,(H,15,16);2*1H/t7-,9-;;/m1../s1. The second kappa shape index (κ2) is 7.38. The zero-order chi connectivity index (χ0) is 12.5. The Labute approximate surface area is 117 Å². The van der Waals surface area contributed by atoms with E-state index in [0.29, 0.717) is 11.3 Å². The van der Waals surface area contributed by atoms with Crippen LogP contribution in [0.15, 0.2) is 6.20 Å². The zero-order valence-corrected chi connectivity index (χ0v) is 11.5. The van der Waals surface area contributed by atoms with Crippen LogP contribution >= 0.6 is 24.8 Å². The third kappa shape index (κ3) is 3.71. The molecule has 1 heterocycles. The molecule has 0 aliphatic rings. The van der Waals surface area contributed by atoms with Crippen LogP contribution in [0.2, 0.25) is 0 Å². The van der Waals surface area contributed by atoms with E-state index >= 15 is 0 Å². The van der Waals surface area contributed by atoms with Crippen LogP contribution in [0.4, 0.5) is 0 Å². The average molecular weight is 299 g/mol. The van der Waals surface area contributed by atoms with Crippen molar-refractivity contribution in [2.24, 2.45) is 5.73 Å². The van der Waals surface area contributed by atoms with Gasteiger partial charge in [-0.1, -0.05) is 0 Å². The molecule has 0 aliphatic heterocycles. The van der Waals surface area contributed by atoms with Crippen molar-refractivity contribution < 1.29 is 20.1 Å². The van der Waals surface area contributed by atoms with Crippen molar-refractivity contribution in [3.63, 3.8) is 0 Å². The van der Waals surface area contributed by atoms with Crippen LogP contribution in [0, 0.1) is 13.8 Å². The molecule has 5 N–H and O–H groups in total. The Hall–Kier alpha value is -1.08. The second-order valence-electron chi connectivity index (χ2n) is 3.60. The van der Waals surface area contributed by atoms with Crippen LogP contribution in [0.3, 0.4) is 0 Å². The molecular weight excluding hydrogens is 283 g/mol. The summed E-state index contributed by atoms with van der Waals surface area (Å²) >= 11 is 0. The first-order valence-corrected chi connectivity index (χ1v) is 4.67. The van der Waals surface area contributed by atoms with Crippen LogP contribution in [-0.2, 0) is 4.79 Å². The number of aryl methyl sites for hydroxylation is 2. The number of hydrogen-bond acceptors (Lipinski definition) is 5. The van der Waals surface area contributed by atoms with Crippen LogP contribution in [0.5, 0.6) is 5.75 Å². The largest absolute Gasteiger partial charge is 0.506 e. The highest BCUT2D eigenvalue weighted by molar-refractivity contribution is 5.85. The van der Waals surface area contributed by atoms with E-state index in [1.807, 2.05) is 0 Å². The van der Waals surface area contributed by atoms with Gasteiger partial charge in [0.15, 0.2) is 0 Å². The third-order valence-corrected chi connectivity index (χ3v) is 2.40. The van der Waals surface area contributed by atoms with Crippen molar-refractivity contribution in [1.29, 1.82) is 0 Å². The van der Waals surface area contributed by atoms with E-state index in [9.17, 15) is 15.0 Å². The maximum Gasteiger partial charge on any atom is 0.323 e. The summed E-state index contributed by atoms with van der Waals surface area (Å²) in [7, 11) is 0. The van der Waals surface area contributed by atoms with Crippen molar-refractivity contribution in [2.45, 2.75) is 26.0 Å². The lowest BCUT2D eigenvalue weighted by atomic mass is 9.98. The molecule has 18 heavy (non-hydrogen) atoms. The smallest absolute Gasteiger partial charge is 0.323 e. The normalized spacial score (nSPS) is 12.9. The number of aromatic hydroxyl groups is 1. The molecule has 8 heteroatoms. The molecular formula is C10H16Cl2N2O4. The molecule has 0 spiro atoms. The maximum atomic E-state index is 10.6. The van der Waals surface area contributed by atoms with Crippen molar-refractivity contribution in [3.8, 4) is 5.75 Å². The van der Waals surface area contributed by atoms with Crippen molar-refractivity contribution >= 4 is 30.8 Å². The lowest BCUT2D eigenvalue weighted by Gasteiger charge is -2.19. The summed E-state index contributed by atoms with van der Waals surface area (Å²) in [5.41, 5.74) is 6.22. The third-order valence-electron chi connectivity index (χ3n) is 2.40. The number of pyridine rings is 1. The highest BCUT2D eigenvalue weighted by Crippen LogP contribution is 2.30. The van der Waals surface area contributed by atoms with Crippen LogP contribution in [0.25, 0.3) is 0 Å². The molecule has 2 atom stereocenters. The van der Waals surface area contributed by atoms with E-state index in [2.05, 4.69) is 4.98 Å². The van der Waals surface area contributed by atoms with Crippen LogP contribution < -0.4 is 5.73 Å². The highest BCUT2D eigenvalue weighted by Gasteiger charge is 2.28. The number of carboxylic acids is 1. The monoisotopic (exact) mass is 298 g/mol. The first-order valence-electron chi connectivity index (χ1n) is 4.67. The molecule has 6 nitrogen and oxygen atoms in total. The molecule has 1 aromatic rings. The predicted octanol–water partition coefficient (Wildman–Crippen LogP) is 0.693. The minimum atomic E-state index is -1.48. The van der Waals surface area contributed by atoms with Gasteiger partial charge in [-0.3, -0.25) is 9.78 Å². The first-order chi connectivity index (χ1) is 7.36. The van der Waals surface area contributed by atoms with Gasteiger partial charge in [0.25, 0.3) is 0 Å². The second-order valence-corrected chi connectivity index (χ2v) is 3.60. The Morgan fingerprint density at radius 1 is 1.39 bits per heavy atom. The molecule has 0 bridgehead atoms. The number of aliphatic carboxylic acids is 1. The van der Waals surface area contributed by atoms with Crippen molar-refractivity contribution in [2.75, 3.05) is 0 Å². The molecule has 104 valence electrons. The number of aromatic nitrogens is 1. The number of carboxylic acid groups (broad SMARTS) is 1. The van der Waals surface area contributed by atoms with E-state index in [1.54, 1.807) is 13.8 Å². The number of nitrogens with zero attached hydrogens (tertiary/aromatic N) is 1. The number of hydrogen-bond donors (Lipinski definition) is 4. The van der Waals surface area contributed by atoms with Gasteiger partial charge >= 0.3 is 5.97 Å². The first kappa shape index (κ1) is 19.3. The fraction of sp³-hybridized carbons (Fsp3) is 0.400. The Morgan fingerprint density at radius 2 is 1.89 bits per heavy atom. The Balaban J connectivity index is 0. The number of nitrogens with two attached hydrogens (primary N) is 1. The Morgan fingerprint density at radius 3 is 2.33 bits per heavy atom. The summed E-state index contributed by atoms with van der Waals surface area (Å²) in [6.45, 7) is 3.16. The molecule has 1 aromatic heterocycles. The van der Waals surface area contributed by atoms with E-state index < -0.39 is 18.1 Å². The van der Waals surface area contributed by atoms with Gasteiger partial charge in [-0.25, -0.2) is 0 Å². The molecule has 0 aliphatic carbocycles. The summed E-state index contributed by atoms with van der Waals surface area (Å²) < 4.78 is 0. The van der Waals surface area contributed by atoms with Gasteiger partial charge in [0.1, 0.15) is 17.9 Å². The van der Waals surface area contributed by atoms with Crippen LogP contribution in [0.1, 0.15) is 22.9 Å². The van der Waals surface area contributed by atoms with Gasteiger partial charge in [0, 0.05) is 11.8 Å². The van der Waals surface area contributed by atoms with Gasteiger partial charge in [-0.15, -0.1) is 24.8 Å². The van der Waals surface area contributed by atoms with Gasteiger partial charge < -0.3 is 21.1 Å². The topological polar surface area (TPSA) is 117 Å². The minimum absolute atomic E-state index is 0. The summed E-state index contributed by atoms with van der Waals surface area (Å²) in [6, 6.07) is -1.48. The van der Waals surface area contributed by atoms with E-state index in [4.69, 9.17) is 10.8 Å². The number of aliphatic hydroxyl groups is 1. The summed E-state index contributed by atoms with van der Waals surface area (Å²) in [5.74, 6) is -1.55. The van der Waals surface area contributed by atoms with Crippen molar-refractivity contribution in [3.05, 3.63) is 23.0 Å². The number of halogens is 2. The van der Waals surface area contributed by atoms with Crippen LogP contribution in [-0.4, -0.2) is 32.3 Å². The number of carbonyl (C=O) groups is 1. The molecule has 0 amide bonds. The summed E-state index contributed by atoms with van der Waals surface area (Å²) in [5, 5.41) is 28.1. The lowest BCUT2D eigenvalue weighted by Crippen LogP contribution is -2.36. The van der Waals surface area contributed by atoms with Gasteiger partial charge in [-0.05, 0) is 19.4 Å². The molecule has 0 unspecified atom stereocenters. The molecule has 0 saturated heterocycles. The van der Waals surface area contributed by atoms with E-state index in [-0.39, 0.29) is 36.1 Å². The molecule has 0 saturated carbocycles. The molecule has 0 radical (unpaired) electrons. The summed E-state index contributed by atoms with van der Waals surface area (Å²) in [6.07, 6.45) is -0.0125. The number of rotatable bonds is 3. The maximum absolute atomic E-state index is 10.6.